The maximum atomic E-state index is 12.4. The summed E-state index contributed by atoms with van der Waals surface area (Å²) < 4.78 is 8.92. The van der Waals surface area contributed by atoms with Crippen LogP contribution in [0.5, 0.6) is 0 Å². The van der Waals surface area contributed by atoms with E-state index in [-0.39, 0.29) is 5.56 Å². The summed E-state index contributed by atoms with van der Waals surface area (Å²) in [6.07, 6.45) is 2.02. The van der Waals surface area contributed by atoms with Crippen LogP contribution in [0, 0.1) is 13.8 Å². The molecule has 0 N–H and O–H groups in total. The fourth-order valence-electron chi connectivity index (χ4n) is 3.16. The molecule has 0 bridgehead atoms. The lowest BCUT2D eigenvalue weighted by Crippen LogP contribution is -2.27. The lowest BCUT2D eigenvalue weighted by molar-refractivity contribution is 0.257. The standard InChI is InChI=1S/C15H22N4O2/c1-10-12(11(2)21-16-10)8-19-7-5-6-14-13(9-19)15(20)18(4)17(14)3/h5-9H2,1-4H3. The number of hydrogen-bond acceptors (Lipinski definition) is 4. The molecule has 0 unspecified atom stereocenters. The zero-order valence-corrected chi connectivity index (χ0v) is 13.1. The largest absolute Gasteiger partial charge is 0.361 e. The Balaban J connectivity index is 1.90. The second-order valence-electron chi connectivity index (χ2n) is 5.89. The molecule has 3 rings (SSSR count). The van der Waals surface area contributed by atoms with Crippen molar-refractivity contribution in [1.82, 2.24) is 19.4 Å². The lowest BCUT2D eigenvalue weighted by Gasteiger charge is -2.19. The average Bonchev–Trinajstić information content (AvgIpc) is 2.78. The molecule has 21 heavy (non-hydrogen) atoms. The highest BCUT2D eigenvalue weighted by atomic mass is 16.5. The Bertz CT molecular complexity index is 703. The van der Waals surface area contributed by atoms with Crippen LogP contribution in [0.25, 0.3) is 0 Å². The Morgan fingerprint density at radius 2 is 2.00 bits per heavy atom. The molecule has 0 saturated carbocycles. The van der Waals surface area contributed by atoms with Gasteiger partial charge in [0.25, 0.3) is 5.56 Å². The number of aryl methyl sites for hydroxylation is 2. The van der Waals surface area contributed by atoms with E-state index < -0.39 is 0 Å². The molecule has 6 nitrogen and oxygen atoms in total. The van der Waals surface area contributed by atoms with Crippen LogP contribution in [0.4, 0.5) is 0 Å². The van der Waals surface area contributed by atoms with Crippen molar-refractivity contribution < 1.29 is 4.52 Å². The van der Waals surface area contributed by atoms with Gasteiger partial charge in [-0.1, -0.05) is 5.16 Å². The first-order chi connectivity index (χ1) is 9.99. The van der Waals surface area contributed by atoms with Crippen molar-refractivity contribution in [2.45, 2.75) is 39.8 Å². The Morgan fingerprint density at radius 1 is 1.24 bits per heavy atom. The topological polar surface area (TPSA) is 56.2 Å². The number of nitrogens with zero attached hydrogens (tertiary/aromatic N) is 4. The minimum atomic E-state index is 0.123. The van der Waals surface area contributed by atoms with Gasteiger partial charge in [0, 0.05) is 38.4 Å². The number of fused-ring (bicyclic) bond motifs is 1. The van der Waals surface area contributed by atoms with Gasteiger partial charge < -0.3 is 4.52 Å². The highest BCUT2D eigenvalue weighted by Gasteiger charge is 2.23. The number of aromatic nitrogens is 3. The SMILES string of the molecule is Cc1noc(C)c1CN1CCCc2c(c(=O)n(C)n2C)C1. The molecule has 0 fully saturated rings. The normalized spacial score (nSPS) is 16.0. The molecule has 0 radical (unpaired) electrons. The van der Waals surface area contributed by atoms with Crippen LogP contribution < -0.4 is 5.56 Å². The molecule has 3 heterocycles. The lowest BCUT2D eigenvalue weighted by atomic mass is 10.2. The molecule has 2 aromatic rings. The van der Waals surface area contributed by atoms with E-state index in [4.69, 9.17) is 4.52 Å². The van der Waals surface area contributed by atoms with Crippen LogP contribution in [0.15, 0.2) is 9.32 Å². The quantitative estimate of drug-likeness (QED) is 0.836. The highest BCUT2D eigenvalue weighted by molar-refractivity contribution is 5.23. The zero-order valence-electron chi connectivity index (χ0n) is 13.1. The van der Waals surface area contributed by atoms with Crippen LogP contribution in [0.2, 0.25) is 0 Å². The van der Waals surface area contributed by atoms with Crippen molar-refractivity contribution >= 4 is 0 Å². The van der Waals surface area contributed by atoms with Crippen molar-refractivity contribution in [2.24, 2.45) is 14.1 Å². The van der Waals surface area contributed by atoms with Crippen LogP contribution >= 0.6 is 0 Å². The van der Waals surface area contributed by atoms with Crippen molar-refractivity contribution in [3.63, 3.8) is 0 Å². The summed E-state index contributed by atoms with van der Waals surface area (Å²) in [7, 11) is 3.79. The van der Waals surface area contributed by atoms with Gasteiger partial charge in [-0.25, -0.2) is 0 Å². The summed E-state index contributed by atoms with van der Waals surface area (Å²) in [5, 5.41) is 4.01. The van der Waals surface area contributed by atoms with Crippen molar-refractivity contribution in [2.75, 3.05) is 6.54 Å². The van der Waals surface area contributed by atoms with E-state index >= 15 is 0 Å². The molecule has 6 heteroatoms. The molecule has 0 spiro atoms. The molecule has 1 aliphatic heterocycles. The van der Waals surface area contributed by atoms with Crippen molar-refractivity contribution in [3.8, 4) is 0 Å². The molecular weight excluding hydrogens is 268 g/mol. The molecule has 1 aliphatic rings. The minimum absolute atomic E-state index is 0.123. The fraction of sp³-hybridized carbons (Fsp3) is 0.600. The third-order valence-electron chi connectivity index (χ3n) is 4.57. The van der Waals surface area contributed by atoms with Gasteiger partial charge in [0.2, 0.25) is 0 Å². The maximum absolute atomic E-state index is 12.4. The first kappa shape index (κ1) is 14.1. The maximum Gasteiger partial charge on any atom is 0.271 e. The van der Waals surface area contributed by atoms with Gasteiger partial charge in [-0.15, -0.1) is 0 Å². The Kier molecular flexibility index (Phi) is 3.49. The molecule has 0 saturated heterocycles. The average molecular weight is 290 g/mol. The first-order valence-electron chi connectivity index (χ1n) is 7.37. The fourth-order valence-corrected chi connectivity index (χ4v) is 3.16. The second-order valence-corrected chi connectivity index (χ2v) is 5.89. The molecule has 0 atom stereocenters. The summed E-state index contributed by atoms with van der Waals surface area (Å²) in [4.78, 5) is 14.7. The molecule has 0 amide bonds. The molecule has 0 aromatic carbocycles. The van der Waals surface area contributed by atoms with E-state index in [2.05, 4.69) is 10.1 Å². The van der Waals surface area contributed by atoms with Gasteiger partial charge >= 0.3 is 0 Å². The minimum Gasteiger partial charge on any atom is -0.361 e. The second kappa shape index (κ2) is 5.18. The van der Waals surface area contributed by atoms with E-state index in [0.29, 0.717) is 6.54 Å². The summed E-state index contributed by atoms with van der Waals surface area (Å²) in [6.45, 7) is 6.39. The number of rotatable bonds is 2. The summed E-state index contributed by atoms with van der Waals surface area (Å²) in [5.74, 6) is 0.873. The van der Waals surface area contributed by atoms with E-state index in [1.807, 2.05) is 32.6 Å². The summed E-state index contributed by atoms with van der Waals surface area (Å²) >= 11 is 0. The monoisotopic (exact) mass is 290 g/mol. The molecular formula is C15H22N4O2. The van der Waals surface area contributed by atoms with Gasteiger partial charge in [-0.05, 0) is 33.2 Å². The third-order valence-corrected chi connectivity index (χ3v) is 4.57. The van der Waals surface area contributed by atoms with E-state index in [1.165, 1.54) is 5.69 Å². The van der Waals surface area contributed by atoms with Crippen LogP contribution in [-0.2, 0) is 33.6 Å². The van der Waals surface area contributed by atoms with E-state index in [0.717, 1.165) is 48.5 Å². The van der Waals surface area contributed by atoms with Gasteiger partial charge in [-0.2, -0.15) is 0 Å². The predicted molar refractivity (Wildman–Crippen MR) is 79.1 cm³/mol. The van der Waals surface area contributed by atoms with E-state index in [9.17, 15) is 4.79 Å². The summed E-state index contributed by atoms with van der Waals surface area (Å²) in [5.41, 5.74) is 4.32. The van der Waals surface area contributed by atoms with Gasteiger partial charge in [0.1, 0.15) is 5.76 Å². The van der Waals surface area contributed by atoms with Crippen LogP contribution in [0.1, 0.15) is 34.7 Å². The number of hydrogen-bond donors (Lipinski definition) is 0. The Hall–Kier alpha value is -1.82. The van der Waals surface area contributed by atoms with Gasteiger partial charge in [0.05, 0.1) is 11.3 Å². The molecule has 114 valence electrons. The highest BCUT2D eigenvalue weighted by Crippen LogP contribution is 2.20. The van der Waals surface area contributed by atoms with Crippen molar-refractivity contribution in [1.29, 1.82) is 0 Å². The Labute approximate surface area is 123 Å². The first-order valence-corrected chi connectivity index (χ1v) is 7.37. The smallest absolute Gasteiger partial charge is 0.271 e. The van der Waals surface area contributed by atoms with Crippen molar-refractivity contribution in [3.05, 3.63) is 38.6 Å². The van der Waals surface area contributed by atoms with E-state index in [1.54, 1.807) is 4.68 Å². The molecule has 2 aromatic heterocycles. The summed E-state index contributed by atoms with van der Waals surface area (Å²) in [6, 6.07) is 0. The third kappa shape index (κ3) is 2.33. The van der Waals surface area contributed by atoms with Gasteiger partial charge in [-0.3, -0.25) is 19.1 Å². The zero-order chi connectivity index (χ0) is 15.1. The van der Waals surface area contributed by atoms with Crippen LogP contribution in [-0.4, -0.2) is 26.0 Å². The van der Waals surface area contributed by atoms with Crippen LogP contribution in [0.3, 0.4) is 0 Å². The Morgan fingerprint density at radius 3 is 2.67 bits per heavy atom. The molecule has 0 aliphatic carbocycles. The van der Waals surface area contributed by atoms with Gasteiger partial charge in [0.15, 0.2) is 0 Å². The predicted octanol–water partition coefficient (Wildman–Crippen LogP) is 1.28.